The lowest BCUT2D eigenvalue weighted by atomic mass is 10.2. The fourth-order valence-electron chi connectivity index (χ4n) is 2.31. The Labute approximate surface area is 157 Å². The first kappa shape index (κ1) is 18.2. The first-order chi connectivity index (χ1) is 13.0. The van der Waals surface area contributed by atoms with Crippen molar-refractivity contribution in [3.63, 3.8) is 0 Å². The number of likely N-dealkylation sites (N-methyl/N-ethyl adjacent to an activating group) is 1. The number of amides is 2. The van der Waals surface area contributed by atoms with Crippen molar-refractivity contribution in [1.82, 2.24) is 14.5 Å². The van der Waals surface area contributed by atoms with E-state index in [9.17, 15) is 9.59 Å². The molecule has 1 N–H and O–H groups in total. The monoisotopic (exact) mass is 364 g/mol. The van der Waals surface area contributed by atoms with E-state index in [1.54, 1.807) is 63.0 Å². The van der Waals surface area contributed by atoms with E-state index in [0.717, 1.165) is 5.69 Å². The Kier molecular flexibility index (Phi) is 5.51. The quantitative estimate of drug-likeness (QED) is 0.729. The average molecular weight is 364 g/mol. The molecule has 0 atom stereocenters. The molecule has 0 unspecified atom stereocenters. The van der Waals surface area contributed by atoms with Crippen molar-refractivity contribution in [3.05, 3.63) is 72.8 Å². The Balaban J connectivity index is 1.58. The Morgan fingerprint density at radius 3 is 2.37 bits per heavy atom. The second-order valence-electron chi connectivity index (χ2n) is 6.07. The highest BCUT2D eigenvalue weighted by atomic mass is 16.5. The van der Waals surface area contributed by atoms with Gasteiger partial charge in [0.15, 0.2) is 6.61 Å². The maximum atomic E-state index is 12.4. The summed E-state index contributed by atoms with van der Waals surface area (Å²) < 4.78 is 7.27. The number of ether oxygens (including phenoxy) is 1. The van der Waals surface area contributed by atoms with Crippen molar-refractivity contribution in [2.75, 3.05) is 26.0 Å². The number of anilines is 1. The molecule has 0 aliphatic rings. The zero-order valence-electron chi connectivity index (χ0n) is 15.1. The summed E-state index contributed by atoms with van der Waals surface area (Å²) in [5.41, 5.74) is 2.12. The van der Waals surface area contributed by atoms with Gasteiger partial charge in [-0.25, -0.2) is 4.98 Å². The van der Waals surface area contributed by atoms with Crippen molar-refractivity contribution < 1.29 is 14.3 Å². The molecule has 0 saturated carbocycles. The predicted molar refractivity (Wildman–Crippen MR) is 102 cm³/mol. The van der Waals surface area contributed by atoms with Crippen LogP contribution in [0.5, 0.6) is 5.75 Å². The molecule has 3 rings (SSSR count). The third-order valence-corrected chi connectivity index (χ3v) is 3.91. The Bertz CT molecular complexity index is 901. The summed E-state index contributed by atoms with van der Waals surface area (Å²) in [5.74, 6) is 0.239. The minimum absolute atomic E-state index is 0.0258. The number of hydrogen-bond acceptors (Lipinski definition) is 4. The first-order valence-electron chi connectivity index (χ1n) is 8.36. The van der Waals surface area contributed by atoms with E-state index in [1.807, 2.05) is 22.9 Å². The third kappa shape index (κ3) is 4.72. The van der Waals surface area contributed by atoms with Crippen LogP contribution >= 0.6 is 0 Å². The molecule has 0 bridgehead atoms. The molecule has 0 aliphatic heterocycles. The van der Waals surface area contributed by atoms with Gasteiger partial charge < -0.3 is 19.5 Å². The minimum atomic E-state index is -0.205. The molecule has 0 spiro atoms. The zero-order valence-corrected chi connectivity index (χ0v) is 15.1. The predicted octanol–water partition coefficient (Wildman–Crippen LogP) is 2.59. The van der Waals surface area contributed by atoms with E-state index in [4.69, 9.17) is 4.74 Å². The SMILES string of the molecule is CN(C)C(=O)COc1ccc(NC(=O)c2ccc(-n3ccnc3)cc2)cc1. The summed E-state index contributed by atoms with van der Waals surface area (Å²) in [6.07, 6.45) is 5.24. The van der Waals surface area contributed by atoms with Crippen molar-refractivity contribution in [2.45, 2.75) is 0 Å². The number of rotatable bonds is 6. The highest BCUT2D eigenvalue weighted by Gasteiger charge is 2.08. The van der Waals surface area contributed by atoms with Crippen LogP contribution in [0.4, 0.5) is 5.69 Å². The number of carbonyl (C=O) groups is 2. The zero-order chi connectivity index (χ0) is 19.2. The number of imidazole rings is 1. The van der Waals surface area contributed by atoms with Crippen molar-refractivity contribution >= 4 is 17.5 Å². The number of aromatic nitrogens is 2. The Morgan fingerprint density at radius 1 is 1.07 bits per heavy atom. The van der Waals surface area contributed by atoms with Gasteiger partial charge in [0.2, 0.25) is 0 Å². The summed E-state index contributed by atoms with van der Waals surface area (Å²) in [6.45, 7) is -0.0258. The van der Waals surface area contributed by atoms with E-state index in [0.29, 0.717) is 17.0 Å². The average Bonchev–Trinajstić information content (AvgIpc) is 3.22. The molecule has 7 heteroatoms. The van der Waals surface area contributed by atoms with Gasteiger partial charge >= 0.3 is 0 Å². The topological polar surface area (TPSA) is 76.5 Å². The molecule has 1 heterocycles. The number of nitrogens with zero attached hydrogens (tertiary/aromatic N) is 3. The van der Waals surface area contributed by atoms with Crippen LogP contribution in [0.2, 0.25) is 0 Å². The van der Waals surface area contributed by atoms with Crippen LogP contribution in [0.3, 0.4) is 0 Å². The molecule has 138 valence electrons. The molecule has 0 fully saturated rings. The van der Waals surface area contributed by atoms with Crippen LogP contribution in [0.1, 0.15) is 10.4 Å². The van der Waals surface area contributed by atoms with Crippen LogP contribution in [0, 0.1) is 0 Å². The molecule has 0 saturated heterocycles. The lowest BCUT2D eigenvalue weighted by Gasteiger charge is -2.12. The standard InChI is InChI=1S/C20H20N4O3/c1-23(2)19(25)13-27-18-9-5-16(6-10-18)22-20(26)15-3-7-17(8-4-15)24-12-11-21-14-24/h3-12,14H,13H2,1-2H3,(H,22,26). The minimum Gasteiger partial charge on any atom is -0.484 e. The lowest BCUT2D eigenvalue weighted by molar-refractivity contribution is -0.130. The fraction of sp³-hybridized carbons (Fsp3) is 0.150. The number of carbonyl (C=O) groups excluding carboxylic acids is 2. The molecular weight excluding hydrogens is 344 g/mol. The normalized spacial score (nSPS) is 10.3. The molecule has 2 aromatic carbocycles. The smallest absolute Gasteiger partial charge is 0.259 e. The van der Waals surface area contributed by atoms with Gasteiger partial charge in [-0.05, 0) is 48.5 Å². The summed E-state index contributed by atoms with van der Waals surface area (Å²) >= 11 is 0. The fourth-order valence-corrected chi connectivity index (χ4v) is 2.31. The van der Waals surface area contributed by atoms with E-state index in [-0.39, 0.29) is 18.4 Å². The molecular formula is C20H20N4O3. The summed E-state index contributed by atoms with van der Waals surface area (Å²) in [6, 6.07) is 14.1. The van der Waals surface area contributed by atoms with E-state index in [2.05, 4.69) is 10.3 Å². The molecule has 0 aliphatic carbocycles. The van der Waals surface area contributed by atoms with Crippen molar-refractivity contribution in [3.8, 4) is 11.4 Å². The van der Waals surface area contributed by atoms with Gasteiger partial charge in [0, 0.05) is 43.4 Å². The summed E-state index contributed by atoms with van der Waals surface area (Å²) in [7, 11) is 3.35. The van der Waals surface area contributed by atoms with E-state index < -0.39 is 0 Å². The van der Waals surface area contributed by atoms with Crippen LogP contribution in [-0.2, 0) is 4.79 Å². The van der Waals surface area contributed by atoms with Gasteiger partial charge in [0.1, 0.15) is 5.75 Å². The number of benzene rings is 2. The van der Waals surface area contributed by atoms with E-state index >= 15 is 0 Å². The Hall–Kier alpha value is -3.61. The number of nitrogens with one attached hydrogen (secondary N) is 1. The first-order valence-corrected chi connectivity index (χ1v) is 8.36. The van der Waals surface area contributed by atoms with Gasteiger partial charge in [0.25, 0.3) is 11.8 Å². The second kappa shape index (κ2) is 8.18. The van der Waals surface area contributed by atoms with Gasteiger partial charge in [0.05, 0.1) is 6.33 Å². The lowest BCUT2D eigenvalue weighted by Crippen LogP contribution is -2.27. The van der Waals surface area contributed by atoms with Gasteiger partial charge in [-0.3, -0.25) is 9.59 Å². The van der Waals surface area contributed by atoms with Gasteiger partial charge in [-0.2, -0.15) is 0 Å². The molecule has 2 amide bonds. The van der Waals surface area contributed by atoms with Gasteiger partial charge in [-0.15, -0.1) is 0 Å². The van der Waals surface area contributed by atoms with E-state index in [1.165, 1.54) is 4.90 Å². The summed E-state index contributed by atoms with van der Waals surface area (Å²) in [5, 5.41) is 2.83. The van der Waals surface area contributed by atoms with Crippen molar-refractivity contribution in [1.29, 1.82) is 0 Å². The van der Waals surface area contributed by atoms with Crippen LogP contribution in [0.15, 0.2) is 67.3 Å². The van der Waals surface area contributed by atoms with Crippen LogP contribution in [0.25, 0.3) is 5.69 Å². The highest BCUT2D eigenvalue weighted by Crippen LogP contribution is 2.17. The van der Waals surface area contributed by atoms with Crippen LogP contribution < -0.4 is 10.1 Å². The summed E-state index contributed by atoms with van der Waals surface area (Å²) in [4.78, 5) is 29.4. The molecule has 0 radical (unpaired) electrons. The molecule has 7 nitrogen and oxygen atoms in total. The maximum absolute atomic E-state index is 12.4. The Morgan fingerprint density at radius 2 is 1.78 bits per heavy atom. The van der Waals surface area contributed by atoms with Crippen molar-refractivity contribution in [2.24, 2.45) is 0 Å². The van der Waals surface area contributed by atoms with Gasteiger partial charge in [-0.1, -0.05) is 0 Å². The molecule has 3 aromatic rings. The molecule has 1 aromatic heterocycles. The largest absolute Gasteiger partial charge is 0.484 e. The highest BCUT2D eigenvalue weighted by molar-refractivity contribution is 6.04. The van der Waals surface area contributed by atoms with Crippen LogP contribution in [-0.4, -0.2) is 47.0 Å². The second-order valence-corrected chi connectivity index (χ2v) is 6.07. The number of hydrogen-bond donors (Lipinski definition) is 1. The maximum Gasteiger partial charge on any atom is 0.259 e. The molecule has 27 heavy (non-hydrogen) atoms. The third-order valence-electron chi connectivity index (χ3n) is 3.91.